The lowest BCUT2D eigenvalue weighted by atomic mass is 10.0. The molecule has 11 rings (SSSR count). The van der Waals surface area contributed by atoms with Gasteiger partial charge in [-0.1, -0.05) is 23.2 Å². The van der Waals surface area contributed by atoms with E-state index in [0.717, 1.165) is 91.6 Å². The van der Waals surface area contributed by atoms with Crippen LogP contribution in [0.2, 0.25) is 10.0 Å². The van der Waals surface area contributed by atoms with Gasteiger partial charge in [-0.3, -0.25) is 9.98 Å². The number of thiophene rings is 2. The van der Waals surface area contributed by atoms with Gasteiger partial charge in [-0.25, -0.2) is 24.7 Å². The highest BCUT2D eigenvalue weighted by atomic mass is 35.5. The largest absolute Gasteiger partial charge is 0.378 e. The van der Waals surface area contributed by atoms with Crippen molar-refractivity contribution in [3.8, 4) is 0 Å². The Kier molecular flexibility index (Phi) is 9.51. The SMILES string of the molecule is Clc1cc2c(cc1Nc1ncnc3sc4c(c13)CCNC4)C=NC2.O=C(N1CCOCC1)N1CCc2c(sc3ncnc(Nc4cc5c(cc4Cl)CN=C5)c23)C1. The van der Waals surface area contributed by atoms with Crippen LogP contribution in [-0.4, -0.2) is 87.6 Å². The minimum atomic E-state index is 0.0902. The number of halogens is 2. The monoisotopic (exact) mass is 823 g/mol. The predicted octanol–water partition coefficient (Wildman–Crippen LogP) is 7.50. The molecule has 5 aliphatic heterocycles. The van der Waals surface area contributed by atoms with Crippen LogP contribution in [0.5, 0.6) is 0 Å². The van der Waals surface area contributed by atoms with Crippen molar-refractivity contribution in [3.05, 3.63) is 90.1 Å². The van der Waals surface area contributed by atoms with E-state index in [1.807, 2.05) is 46.5 Å². The summed E-state index contributed by atoms with van der Waals surface area (Å²) in [6.07, 6.45) is 8.73. The van der Waals surface area contributed by atoms with E-state index in [1.54, 1.807) is 35.3 Å². The molecular weight excluding hydrogens is 790 g/mol. The normalized spacial score (nSPS) is 16.7. The van der Waals surface area contributed by atoms with E-state index in [0.29, 0.717) is 62.5 Å². The van der Waals surface area contributed by atoms with Gasteiger partial charge in [-0.05, 0) is 77.0 Å². The molecule has 1 saturated heterocycles. The third-order valence-corrected chi connectivity index (χ3v) is 13.5. The molecule has 56 heavy (non-hydrogen) atoms. The Hall–Kier alpha value is -4.77. The number of ether oxygens (including phenoxy) is 1. The molecule has 13 nitrogen and oxygen atoms in total. The van der Waals surface area contributed by atoms with E-state index in [1.165, 1.54) is 20.9 Å². The molecule has 0 spiro atoms. The Morgan fingerprint density at radius 2 is 1.32 bits per heavy atom. The molecule has 5 aliphatic rings. The third-order valence-electron chi connectivity index (χ3n) is 10.6. The van der Waals surface area contributed by atoms with Crippen molar-refractivity contribution in [2.75, 3.05) is 50.0 Å². The van der Waals surface area contributed by atoms with Gasteiger partial charge in [0.05, 0.1) is 65.0 Å². The Morgan fingerprint density at radius 3 is 1.95 bits per heavy atom. The molecule has 0 bridgehead atoms. The second kappa shape index (κ2) is 15.0. The minimum absolute atomic E-state index is 0.0902. The molecule has 0 unspecified atom stereocenters. The number of rotatable bonds is 4. The summed E-state index contributed by atoms with van der Waals surface area (Å²) in [5.74, 6) is 1.58. The predicted molar refractivity (Wildman–Crippen MR) is 224 cm³/mol. The topological polar surface area (TPSA) is 145 Å². The maximum absolute atomic E-state index is 13.0. The molecule has 3 N–H and O–H groups in total. The molecular formula is C39H35Cl2N11O2S2. The van der Waals surface area contributed by atoms with E-state index in [9.17, 15) is 4.79 Å². The van der Waals surface area contributed by atoms with E-state index < -0.39 is 0 Å². The fourth-order valence-corrected chi connectivity index (χ4v) is 10.6. The van der Waals surface area contributed by atoms with Crippen LogP contribution in [0.25, 0.3) is 20.4 Å². The standard InChI is InChI=1S/C22H21ClN6O2S.C17H14ClN5S/c23-16-7-13-9-24-10-14(13)8-17(16)27-20-19-15-1-2-29(22(30)28-3-5-31-6-4-28)11-18(15)32-21(19)26-12-25-20;18-12-3-9-5-20-6-10(9)4-13(12)23-16-15-11-1-2-19-7-14(11)24-17(15)22-8-21-16/h7-8,10,12H,1-6,9,11H2,(H,25,26,27);3-4,6,8,19H,1-2,5,7H2,(H,21,22,23). The molecule has 2 aromatic carbocycles. The molecule has 6 aromatic rings. The number of urea groups is 1. The molecule has 17 heteroatoms. The quantitative estimate of drug-likeness (QED) is 0.165. The summed E-state index contributed by atoms with van der Waals surface area (Å²) < 4.78 is 5.38. The van der Waals surface area contributed by atoms with E-state index in [4.69, 9.17) is 27.9 Å². The molecule has 2 amide bonds. The van der Waals surface area contributed by atoms with Gasteiger partial charge in [0.1, 0.15) is 34.0 Å². The van der Waals surface area contributed by atoms with Crippen LogP contribution < -0.4 is 16.0 Å². The fraction of sp³-hybridized carbons (Fsp3) is 0.308. The van der Waals surface area contributed by atoms with Crippen LogP contribution in [0.3, 0.4) is 0 Å². The van der Waals surface area contributed by atoms with Crippen molar-refractivity contribution in [3.63, 3.8) is 0 Å². The second-order valence-corrected chi connectivity index (χ2v) is 17.0. The summed E-state index contributed by atoms with van der Waals surface area (Å²) in [6, 6.07) is 8.10. The van der Waals surface area contributed by atoms with E-state index in [2.05, 4.69) is 45.9 Å². The first-order chi connectivity index (χ1) is 27.5. The summed E-state index contributed by atoms with van der Waals surface area (Å²) >= 11 is 16.4. The Morgan fingerprint density at radius 1 is 0.732 bits per heavy atom. The van der Waals surface area contributed by atoms with Gasteiger partial charge in [0.2, 0.25) is 0 Å². The first kappa shape index (κ1) is 35.6. The Bertz CT molecular complexity index is 2600. The molecule has 1 fully saturated rings. The average molecular weight is 825 g/mol. The van der Waals surface area contributed by atoms with Crippen LogP contribution in [0, 0.1) is 0 Å². The maximum Gasteiger partial charge on any atom is 0.320 e. The Labute approximate surface area is 339 Å². The fourth-order valence-electron chi connectivity index (χ4n) is 7.80. The number of aromatic nitrogens is 4. The summed E-state index contributed by atoms with van der Waals surface area (Å²) in [6.45, 7) is 7.07. The van der Waals surface area contributed by atoms with Crippen LogP contribution in [0.4, 0.5) is 27.8 Å². The lowest BCUT2D eigenvalue weighted by Gasteiger charge is -2.34. The molecule has 0 radical (unpaired) electrons. The maximum atomic E-state index is 13.0. The second-order valence-electron chi connectivity index (χ2n) is 14.0. The highest BCUT2D eigenvalue weighted by molar-refractivity contribution is 7.19. The number of aliphatic imine (C=N–C) groups is 2. The van der Waals surface area contributed by atoms with Gasteiger partial charge in [0.15, 0.2) is 0 Å². The zero-order valence-corrected chi connectivity index (χ0v) is 33.2. The van der Waals surface area contributed by atoms with Crippen molar-refractivity contribution in [2.45, 2.75) is 39.0 Å². The Balaban J connectivity index is 0.000000143. The summed E-state index contributed by atoms with van der Waals surface area (Å²) in [5.41, 5.74) is 8.73. The number of carbonyl (C=O) groups is 1. The van der Waals surface area contributed by atoms with Crippen LogP contribution >= 0.6 is 45.9 Å². The van der Waals surface area contributed by atoms with Gasteiger partial charge in [-0.15, -0.1) is 22.7 Å². The lowest BCUT2D eigenvalue weighted by molar-refractivity contribution is 0.0423. The number of nitrogens with zero attached hydrogens (tertiary/aromatic N) is 8. The van der Waals surface area contributed by atoms with Crippen molar-refractivity contribution in [1.82, 2.24) is 35.1 Å². The molecule has 0 atom stereocenters. The van der Waals surface area contributed by atoms with Gasteiger partial charge in [0.25, 0.3) is 0 Å². The van der Waals surface area contributed by atoms with Crippen molar-refractivity contribution < 1.29 is 9.53 Å². The van der Waals surface area contributed by atoms with Gasteiger partial charge < -0.3 is 30.5 Å². The third kappa shape index (κ3) is 6.65. The summed E-state index contributed by atoms with van der Waals surface area (Å²) in [4.78, 5) is 47.8. The number of morpholine rings is 1. The zero-order valence-electron chi connectivity index (χ0n) is 30.1. The summed E-state index contributed by atoms with van der Waals surface area (Å²) in [7, 11) is 0. The number of hydrogen-bond donors (Lipinski definition) is 3. The highest BCUT2D eigenvalue weighted by Gasteiger charge is 2.30. The number of carbonyl (C=O) groups excluding carboxylic acids is 1. The van der Waals surface area contributed by atoms with Gasteiger partial charge >= 0.3 is 6.03 Å². The first-order valence-electron chi connectivity index (χ1n) is 18.5. The molecule has 0 saturated carbocycles. The number of benzene rings is 2. The van der Waals surface area contributed by atoms with E-state index >= 15 is 0 Å². The van der Waals surface area contributed by atoms with Crippen molar-refractivity contribution in [2.24, 2.45) is 9.98 Å². The van der Waals surface area contributed by atoms with Crippen molar-refractivity contribution >= 4 is 108 Å². The summed E-state index contributed by atoms with van der Waals surface area (Å²) in [5, 5.41) is 13.8. The number of hydrogen-bond acceptors (Lipinski definition) is 13. The van der Waals surface area contributed by atoms with E-state index in [-0.39, 0.29) is 6.03 Å². The average Bonchev–Trinajstić information content (AvgIpc) is 4.03. The molecule has 9 heterocycles. The van der Waals surface area contributed by atoms with Gasteiger partial charge in [-0.2, -0.15) is 0 Å². The van der Waals surface area contributed by atoms with Crippen LogP contribution in [0.1, 0.15) is 43.1 Å². The number of fused-ring (bicyclic) bond motifs is 8. The lowest BCUT2D eigenvalue weighted by Crippen LogP contribution is -2.49. The highest BCUT2D eigenvalue weighted by Crippen LogP contribution is 2.41. The number of amides is 2. The number of anilines is 4. The molecule has 4 aromatic heterocycles. The zero-order chi connectivity index (χ0) is 37.8. The van der Waals surface area contributed by atoms with Gasteiger partial charge in [0, 0.05) is 48.4 Å². The molecule has 284 valence electrons. The van der Waals surface area contributed by atoms with Crippen LogP contribution in [0.15, 0.2) is 46.9 Å². The van der Waals surface area contributed by atoms with Crippen molar-refractivity contribution in [1.29, 1.82) is 0 Å². The first-order valence-corrected chi connectivity index (χ1v) is 20.9. The van der Waals surface area contributed by atoms with Crippen LogP contribution in [-0.2, 0) is 43.8 Å². The molecule has 0 aliphatic carbocycles. The minimum Gasteiger partial charge on any atom is -0.378 e. The number of nitrogens with one attached hydrogen (secondary N) is 3. The smallest absolute Gasteiger partial charge is 0.320 e.